The molecule has 0 spiro atoms. The number of hydrogen-bond donors (Lipinski definition) is 3. The molecule has 0 bridgehead atoms. The lowest BCUT2D eigenvalue weighted by molar-refractivity contribution is 0.208. The Balaban J connectivity index is 1.21. The number of phenols is 1. The van der Waals surface area contributed by atoms with Gasteiger partial charge in [-0.25, -0.2) is 0 Å². The van der Waals surface area contributed by atoms with E-state index >= 15 is 0 Å². The monoisotopic (exact) mass is 378 g/mol. The number of rotatable bonds is 3. The number of hydrogen-bond acceptors (Lipinski definition) is 7. The summed E-state index contributed by atoms with van der Waals surface area (Å²) in [7, 11) is 0. The topological polar surface area (TPSA) is 76.5 Å². The van der Waals surface area contributed by atoms with Gasteiger partial charge in [0.2, 0.25) is 0 Å². The van der Waals surface area contributed by atoms with Crippen molar-refractivity contribution >= 4 is 11.5 Å². The van der Waals surface area contributed by atoms with Crippen LogP contribution in [0.5, 0.6) is 5.75 Å². The number of aromatic hydroxyl groups is 1. The third-order valence-electron chi connectivity index (χ3n) is 7.07. The van der Waals surface area contributed by atoms with Crippen LogP contribution in [-0.4, -0.2) is 72.1 Å². The summed E-state index contributed by atoms with van der Waals surface area (Å²) in [6, 6.07) is 9.85. The van der Waals surface area contributed by atoms with Gasteiger partial charge in [-0.15, -0.1) is 10.2 Å². The summed E-state index contributed by atoms with van der Waals surface area (Å²) in [6.07, 6.45) is 0. The van der Waals surface area contributed by atoms with E-state index in [1.807, 2.05) is 18.2 Å². The van der Waals surface area contributed by atoms with Crippen molar-refractivity contribution in [3.63, 3.8) is 0 Å². The van der Waals surface area contributed by atoms with Crippen LogP contribution in [0.2, 0.25) is 0 Å². The van der Waals surface area contributed by atoms with Gasteiger partial charge in [0.15, 0.2) is 5.82 Å². The number of para-hydroxylation sites is 1. The van der Waals surface area contributed by atoms with Gasteiger partial charge in [-0.05, 0) is 49.0 Å². The van der Waals surface area contributed by atoms with Gasteiger partial charge < -0.3 is 20.6 Å². The predicted octanol–water partition coefficient (Wildman–Crippen LogP) is 1.23. The van der Waals surface area contributed by atoms with Crippen molar-refractivity contribution < 1.29 is 5.11 Å². The van der Waals surface area contributed by atoms with E-state index in [0.717, 1.165) is 66.7 Å². The molecule has 3 N–H and O–H groups in total. The van der Waals surface area contributed by atoms with Crippen molar-refractivity contribution in [2.24, 2.45) is 17.8 Å². The Morgan fingerprint density at radius 3 is 2.79 bits per heavy atom. The Morgan fingerprint density at radius 2 is 1.93 bits per heavy atom. The molecule has 7 heteroatoms. The number of aromatic nitrogens is 2. The molecule has 4 aliphatic rings. The van der Waals surface area contributed by atoms with Gasteiger partial charge in [-0.3, -0.25) is 4.90 Å². The van der Waals surface area contributed by atoms with E-state index in [9.17, 15) is 5.11 Å². The number of nitrogens with zero attached hydrogens (tertiary/aromatic N) is 4. The van der Waals surface area contributed by atoms with Gasteiger partial charge in [-0.1, -0.05) is 12.1 Å². The van der Waals surface area contributed by atoms with Crippen molar-refractivity contribution in [1.29, 1.82) is 0 Å². The van der Waals surface area contributed by atoms with Crippen LogP contribution in [0.25, 0.3) is 11.3 Å². The quantitative estimate of drug-likeness (QED) is 0.742. The zero-order chi connectivity index (χ0) is 18.7. The predicted molar refractivity (Wildman–Crippen MR) is 109 cm³/mol. The van der Waals surface area contributed by atoms with Crippen molar-refractivity contribution in [2.75, 3.05) is 56.0 Å². The van der Waals surface area contributed by atoms with Crippen LogP contribution in [0.4, 0.5) is 11.5 Å². The maximum Gasteiger partial charge on any atom is 0.172 e. The van der Waals surface area contributed by atoms with Crippen LogP contribution in [-0.2, 0) is 0 Å². The molecule has 0 radical (unpaired) electrons. The van der Waals surface area contributed by atoms with E-state index in [4.69, 9.17) is 0 Å². The largest absolute Gasteiger partial charge is 0.507 e. The van der Waals surface area contributed by atoms with Crippen molar-refractivity contribution in [3.05, 3.63) is 30.3 Å². The molecular weight excluding hydrogens is 352 g/mol. The van der Waals surface area contributed by atoms with Crippen LogP contribution in [0.3, 0.4) is 0 Å². The summed E-state index contributed by atoms with van der Waals surface area (Å²) >= 11 is 0. The molecule has 1 aliphatic carbocycles. The van der Waals surface area contributed by atoms with Gasteiger partial charge in [0, 0.05) is 38.3 Å². The molecule has 0 unspecified atom stereocenters. The molecule has 2 saturated heterocycles. The van der Waals surface area contributed by atoms with E-state index < -0.39 is 0 Å². The van der Waals surface area contributed by atoms with Crippen LogP contribution < -0.4 is 15.5 Å². The average molecular weight is 378 g/mol. The van der Waals surface area contributed by atoms with Crippen molar-refractivity contribution in [3.8, 4) is 17.0 Å². The second-order valence-electron chi connectivity index (χ2n) is 8.62. The number of phenolic OH excluding ortho intramolecular Hbond substituents is 1. The first-order chi connectivity index (χ1) is 13.8. The minimum Gasteiger partial charge on any atom is -0.507 e. The molecule has 4 atom stereocenters. The molecule has 1 aromatic carbocycles. The fourth-order valence-electron chi connectivity index (χ4n) is 5.46. The molecule has 1 aromatic heterocycles. The highest BCUT2D eigenvalue weighted by atomic mass is 16.3. The standard InChI is InChI=1S/C21H26N6O/c28-20-4-2-1-3-14(20)18-7-19-21(25-24-18)23-8-13-11-26(5-6-27(13)19)12-17-15-9-22-10-16(15)17/h1-4,7,13,15-17,22,28H,5-6,8-12H2,(H,23,25)/t13-,15-,16+,17+/m0/s1. The van der Waals surface area contributed by atoms with E-state index in [2.05, 4.69) is 36.7 Å². The van der Waals surface area contributed by atoms with Crippen LogP contribution in [0.15, 0.2) is 30.3 Å². The summed E-state index contributed by atoms with van der Waals surface area (Å²) in [6.45, 7) is 7.84. The minimum atomic E-state index is 0.242. The van der Waals surface area contributed by atoms with Gasteiger partial charge in [0.05, 0.1) is 17.4 Å². The first-order valence-corrected chi connectivity index (χ1v) is 10.4. The molecule has 3 fully saturated rings. The molecule has 1 saturated carbocycles. The summed E-state index contributed by atoms with van der Waals surface area (Å²) < 4.78 is 0. The first-order valence-electron chi connectivity index (χ1n) is 10.4. The fraction of sp³-hybridized carbons (Fsp3) is 0.524. The summed E-state index contributed by atoms with van der Waals surface area (Å²) in [4.78, 5) is 5.14. The Bertz CT molecular complexity index is 894. The Kier molecular flexibility index (Phi) is 3.74. The van der Waals surface area contributed by atoms with Gasteiger partial charge in [0.25, 0.3) is 0 Å². The molecule has 7 nitrogen and oxygen atoms in total. The molecule has 6 rings (SSSR count). The van der Waals surface area contributed by atoms with Gasteiger partial charge >= 0.3 is 0 Å². The van der Waals surface area contributed by atoms with Crippen LogP contribution in [0.1, 0.15) is 0 Å². The van der Waals surface area contributed by atoms with Gasteiger partial charge in [0.1, 0.15) is 5.75 Å². The number of piperidine rings is 1. The van der Waals surface area contributed by atoms with Crippen molar-refractivity contribution in [2.45, 2.75) is 6.04 Å². The lowest BCUT2D eigenvalue weighted by atomic mass is 10.1. The molecular formula is C21H26N6O. The van der Waals surface area contributed by atoms with Crippen LogP contribution >= 0.6 is 0 Å². The zero-order valence-electron chi connectivity index (χ0n) is 15.9. The van der Waals surface area contributed by atoms with E-state index in [0.29, 0.717) is 6.04 Å². The fourth-order valence-corrected chi connectivity index (χ4v) is 5.46. The molecule has 4 heterocycles. The normalized spacial score (nSPS) is 30.9. The first kappa shape index (κ1) is 16.6. The maximum absolute atomic E-state index is 10.2. The molecule has 28 heavy (non-hydrogen) atoms. The molecule has 0 amide bonds. The number of piperazine rings is 1. The number of nitrogens with one attached hydrogen (secondary N) is 2. The maximum atomic E-state index is 10.2. The Labute approximate surface area is 164 Å². The number of fused-ring (bicyclic) bond motifs is 4. The van der Waals surface area contributed by atoms with Gasteiger partial charge in [-0.2, -0.15) is 0 Å². The SMILES string of the molecule is Oc1ccccc1-c1cc2c(nn1)NC[C@H]1CN(C[C@H]3[C@@H]4CNC[C@@H]43)CCN21. The lowest BCUT2D eigenvalue weighted by Gasteiger charge is -2.46. The summed E-state index contributed by atoms with van der Waals surface area (Å²) in [5.41, 5.74) is 2.56. The second kappa shape index (κ2) is 6.32. The molecule has 146 valence electrons. The van der Waals surface area contributed by atoms with Crippen molar-refractivity contribution in [1.82, 2.24) is 20.4 Å². The summed E-state index contributed by atoms with van der Waals surface area (Å²) in [5.74, 6) is 3.87. The third kappa shape index (κ3) is 2.64. The number of anilines is 2. The summed E-state index contributed by atoms with van der Waals surface area (Å²) in [5, 5.41) is 25.9. The minimum absolute atomic E-state index is 0.242. The van der Waals surface area contributed by atoms with E-state index in [1.165, 1.54) is 19.6 Å². The molecule has 2 aromatic rings. The third-order valence-corrected chi connectivity index (χ3v) is 7.07. The molecule has 3 aliphatic heterocycles. The highest BCUT2D eigenvalue weighted by Gasteiger charge is 2.53. The van der Waals surface area contributed by atoms with Crippen LogP contribution in [0, 0.1) is 17.8 Å². The average Bonchev–Trinajstić information content (AvgIpc) is 3.13. The van der Waals surface area contributed by atoms with E-state index in [-0.39, 0.29) is 5.75 Å². The highest BCUT2D eigenvalue weighted by molar-refractivity contribution is 5.76. The second-order valence-corrected chi connectivity index (χ2v) is 8.62. The Morgan fingerprint density at radius 1 is 1.07 bits per heavy atom. The lowest BCUT2D eigenvalue weighted by Crippen LogP contribution is -2.58. The van der Waals surface area contributed by atoms with E-state index in [1.54, 1.807) is 6.07 Å². The highest BCUT2D eigenvalue weighted by Crippen LogP contribution is 2.49. The number of benzene rings is 1. The Hall–Kier alpha value is -2.38. The zero-order valence-corrected chi connectivity index (χ0v) is 15.9. The smallest absolute Gasteiger partial charge is 0.172 e.